The van der Waals surface area contributed by atoms with Crippen LogP contribution in [0.15, 0.2) is 24.3 Å². The van der Waals surface area contributed by atoms with Crippen molar-refractivity contribution in [2.24, 2.45) is 11.7 Å². The van der Waals surface area contributed by atoms with E-state index in [1.54, 1.807) is 0 Å². The van der Waals surface area contributed by atoms with Crippen molar-refractivity contribution in [1.82, 2.24) is 9.80 Å². The highest BCUT2D eigenvalue weighted by Crippen LogP contribution is 2.13. The third kappa shape index (κ3) is 5.01. The van der Waals surface area contributed by atoms with Crippen molar-refractivity contribution in [3.63, 3.8) is 0 Å². The van der Waals surface area contributed by atoms with Crippen LogP contribution in [0.3, 0.4) is 0 Å². The van der Waals surface area contributed by atoms with Crippen molar-refractivity contribution >= 4 is 5.91 Å². The molecule has 0 saturated carbocycles. The fraction of sp³-hybridized carbons (Fsp3) is 0.611. The van der Waals surface area contributed by atoms with Gasteiger partial charge in [0.05, 0.1) is 6.04 Å². The molecule has 1 aromatic carbocycles. The lowest BCUT2D eigenvalue weighted by molar-refractivity contribution is -0.133. The SMILES string of the molecule is CCC(C)C(N)C(=O)N1CCCN(Cc2ccc(F)cc2)CC1. The van der Waals surface area contributed by atoms with E-state index in [1.807, 2.05) is 24.0 Å². The number of nitrogens with two attached hydrogens (primary N) is 1. The topological polar surface area (TPSA) is 49.6 Å². The lowest BCUT2D eigenvalue weighted by Gasteiger charge is -2.27. The molecule has 1 fully saturated rings. The average Bonchev–Trinajstić information content (AvgIpc) is 2.80. The Morgan fingerprint density at radius 1 is 1.22 bits per heavy atom. The first-order chi connectivity index (χ1) is 11.0. The molecule has 2 atom stereocenters. The monoisotopic (exact) mass is 321 g/mol. The van der Waals surface area contributed by atoms with Crippen molar-refractivity contribution < 1.29 is 9.18 Å². The lowest BCUT2D eigenvalue weighted by Crippen LogP contribution is -2.48. The summed E-state index contributed by atoms with van der Waals surface area (Å²) in [6, 6.07) is 6.23. The second kappa shape index (κ2) is 8.41. The molecule has 1 aromatic rings. The zero-order chi connectivity index (χ0) is 16.8. The molecule has 2 unspecified atom stereocenters. The van der Waals surface area contributed by atoms with Crippen LogP contribution in [0.5, 0.6) is 0 Å². The number of nitrogens with zero attached hydrogens (tertiary/aromatic N) is 2. The Kier molecular flexibility index (Phi) is 6.54. The Labute approximate surface area is 138 Å². The van der Waals surface area contributed by atoms with Crippen molar-refractivity contribution in [3.8, 4) is 0 Å². The van der Waals surface area contributed by atoms with Gasteiger partial charge in [0.1, 0.15) is 5.82 Å². The molecule has 0 bridgehead atoms. The smallest absolute Gasteiger partial charge is 0.239 e. The van der Waals surface area contributed by atoms with Gasteiger partial charge in [-0.3, -0.25) is 9.69 Å². The molecule has 0 aliphatic carbocycles. The average molecular weight is 321 g/mol. The number of carbonyl (C=O) groups excluding carboxylic acids is 1. The van der Waals surface area contributed by atoms with Crippen molar-refractivity contribution in [2.45, 2.75) is 39.3 Å². The molecule has 0 radical (unpaired) electrons. The fourth-order valence-corrected chi connectivity index (χ4v) is 2.91. The highest BCUT2D eigenvalue weighted by Gasteiger charge is 2.26. The minimum Gasteiger partial charge on any atom is -0.340 e. The van der Waals surface area contributed by atoms with Crippen LogP contribution in [0.2, 0.25) is 0 Å². The fourth-order valence-electron chi connectivity index (χ4n) is 2.91. The summed E-state index contributed by atoms with van der Waals surface area (Å²) in [6.07, 6.45) is 1.86. The number of halogens is 1. The highest BCUT2D eigenvalue weighted by atomic mass is 19.1. The molecule has 5 heteroatoms. The third-order valence-electron chi connectivity index (χ3n) is 4.76. The van der Waals surface area contributed by atoms with Gasteiger partial charge in [-0.05, 0) is 30.0 Å². The van der Waals surface area contributed by atoms with Gasteiger partial charge in [-0.1, -0.05) is 32.4 Å². The molecule has 2 N–H and O–H groups in total. The maximum absolute atomic E-state index is 13.0. The molecule has 1 saturated heterocycles. The summed E-state index contributed by atoms with van der Waals surface area (Å²) >= 11 is 0. The number of hydrogen-bond donors (Lipinski definition) is 1. The molecule has 2 rings (SSSR count). The second-order valence-electron chi connectivity index (χ2n) is 6.49. The first-order valence-corrected chi connectivity index (χ1v) is 8.52. The van der Waals surface area contributed by atoms with Crippen LogP contribution >= 0.6 is 0 Å². The minimum absolute atomic E-state index is 0.0722. The summed E-state index contributed by atoms with van der Waals surface area (Å²) in [4.78, 5) is 16.7. The van der Waals surface area contributed by atoms with E-state index >= 15 is 0 Å². The number of amides is 1. The van der Waals surface area contributed by atoms with Gasteiger partial charge < -0.3 is 10.6 Å². The molecule has 1 heterocycles. The Balaban J connectivity index is 1.89. The van der Waals surface area contributed by atoms with Gasteiger partial charge in [0.2, 0.25) is 5.91 Å². The molecule has 1 aliphatic rings. The van der Waals surface area contributed by atoms with Crippen LogP contribution in [-0.2, 0) is 11.3 Å². The molecule has 1 aliphatic heterocycles. The van der Waals surface area contributed by atoms with E-state index in [-0.39, 0.29) is 17.6 Å². The maximum Gasteiger partial charge on any atom is 0.239 e. The standard InChI is InChI=1S/C18H28FN3O/c1-3-14(2)17(20)18(23)22-10-4-9-21(11-12-22)13-15-5-7-16(19)8-6-15/h5-8,14,17H,3-4,9-13,20H2,1-2H3. The Morgan fingerprint density at radius 2 is 1.91 bits per heavy atom. The number of carbonyl (C=O) groups is 1. The summed E-state index contributed by atoms with van der Waals surface area (Å²) in [5.41, 5.74) is 7.18. The minimum atomic E-state index is -0.399. The predicted octanol–water partition coefficient (Wildman–Crippen LogP) is 2.23. The van der Waals surface area contributed by atoms with E-state index in [2.05, 4.69) is 11.8 Å². The summed E-state index contributed by atoms with van der Waals surface area (Å²) in [5.74, 6) is 0.0736. The van der Waals surface area contributed by atoms with Gasteiger partial charge in [0.25, 0.3) is 0 Å². The van der Waals surface area contributed by atoms with Crippen LogP contribution in [0.25, 0.3) is 0 Å². The van der Waals surface area contributed by atoms with Crippen LogP contribution in [0, 0.1) is 11.7 Å². The summed E-state index contributed by atoms with van der Waals surface area (Å²) < 4.78 is 13.0. The van der Waals surface area contributed by atoms with Crippen LogP contribution in [-0.4, -0.2) is 47.9 Å². The number of hydrogen-bond acceptors (Lipinski definition) is 3. The van der Waals surface area contributed by atoms with E-state index in [4.69, 9.17) is 5.73 Å². The van der Waals surface area contributed by atoms with Gasteiger partial charge in [0, 0.05) is 32.7 Å². The summed E-state index contributed by atoms with van der Waals surface area (Å²) in [6.45, 7) is 8.13. The van der Waals surface area contributed by atoms with Gasteiger partial charge in [-0.2, -0.15) is 0 Å². The molecule has 1 amide bonds. The van der Waals surface area contributed by atoms with Crippen LogP contribution in [0.1, 0.15) is 32.3 Å². The normalized spacial score (nSPS) is 19.2. The highest BCUT2D eigenvalue weighted by molar-refractivity contribution is 5.82. The zero-order valence-corrected chi connectivity index (χ0v) is 14.2. The molecular weight excluding hydrogens is 293 g/mol. The lowest BCUT2D eigenvalue weighted by atomic mass is 9.99. The number of benzene rings is 1. The van der Waals surface area contributed by atoms with E-state index in [1.165, 1.54) is 12.1 Å². The van der Waals surface area contributed by atoms with E-state index < -0.39 is 6.04 Å². The van der Waals surface area contributed by atoms with Gasteiger partial charge in [0.15, 0.2) is 0 Å². The van der Waals surface area contributed by atoms with Gasteiger partial charge in [-0.15, -0.1) is 0 Å². The molecule has 128 valence electrons. The van der Waals surface area contributed by atoms with Gasteiger partial charge in [-0.25, -0.2) is 4.39 Å². The number of rotatable bonds is 5. The maximum atomic E-state index is 13.0. The summed E-state index contributed by atoms with van der Waals surface area (Å²) in [5, 5.41) is 0. The third-order valence-corrected chi connectivity index (χ3v) is 4.76. The zero-order valence-electron chi connectivity index (χ0n) is 14.2. The van der Waals surface area contributed by atoms with E-state index in [0.717, 1.165) is 44.6 Å². The van der Waals surface area contributed by atoms with Gasteiger partial charge >= 0.3 is 0 Å². The Hall–Kier alpha value is -1.46. The van der Waals surface area contributed by atoms with Crippen molar-refractivity contribution in [2.75, 3.05) is 26.2 Å². The first kappa shape index (κ1) is 17.9. The largest absolute Gasteiger partial charge is 0.340 e. The second-order valence-corrected chi connectivity index (χ2v) is 6.49. The van der Waals surface area contributed by atoms with Crippen LogP contribution in [0.4, 0.5) is 4.39 Å². The van der Waals surface area contributed by atoms with Crippen molar-refractivity contribution in [1.29, 1.82) is 0 Å². The molecule has 4 nitrogen and oxygen atoms in total. The molecular formula is C18H28FN3O. The van der Waals surface area contributed by atoms with E-state index in [9.17, 15) is 9.18 Å². The molecule has 0 aromatic heterocycles. The predicted molar refractivity (Wildman–Crippen MR) is 90.3 cm³/mol. The van der Waals surface area contributed by atoms with E-state index in [0.29, 0.717) is 6.54 Å². The Bertz CT molecular complexity index is 505. The molecule has 0 spiro atoms. The quantitative estimate of drug-likeness (QED) is 0.905. The Morgan fingerprint density at radius 3 is 2.57 bits per heavy atom. The summed E-state index contributed by atoms with van der Waals surface area (Å²) in [7, 11) is 0. The van der Waals surface area contributed by atoms with Crippen molar-refractivity contribution in [3.05, 3.63) is 35.6 Å². The first-order valence-electron chi connectivity index (χ1n) is 8.52. The van der Waals surface area contributed by atoms with Crippen LogP contribution < -0.4 is 5.73 Å². The molecule has 23 heavy (non-hydrogen) atoms.